The van der Waals surface area contributed by atoms with Crippen molar-refractivity contribution in [2.75, 3.05) is 5.32 Å². The molecule has 0 aliphatic heterocycles. The lowest BCUT2D eigenvalue weighted by molar-refractivity contribution is -0.196. The summed E-state index contributed by atoms with van der Waals surface area (Å²) < 4.78 is 58.2. The zero-order valence-corrected chi connectivity index (χ0v) is 22.8. The predicted octanol–water partition coefficient (Wildman–Crippen LogP) is 8.09. The number of nitrogens with zero attached hydrogens (tertiary/aromatic N) is 2. The SMILES string of the molecule is Cc1ccc(NC(=O)[C@H]2[C@H](C(F)(F)F)CC=C3[C@@H]2CCC2=Cc4c(cnn4-c4ccc(F)cc4)C[C@@]23C)cc1Cl. The van der Waals surface area contributed by atoms with E-state index in [9.17, 15) is 22.4 Å². The number of benzene rings is 2. The number of carbonyl (C=O) groups excluding carboxylic acids is 1. The van der Waals surface area contributed by atoms with Gasteiger partial charge in [-0.15, -0.1) is 0 Å². The molecule has 1 saturated carbocycles. The third-order valence-electron chi connectivity index (χ3n) is 8.90. The second kappa shape index (κ2) is 9.61. The molecule has 0 spiro atoms. The fourth-order valence-electron chi connectivity index (χ4n) is 6.83. The van der Waals surface area contributed by atoms with Crippen LogP contribution in [0.4, 0.5) is 23.2 Å². The Balaban J connectivity index is 1.35. The maximum Gasteiger partial charge on any atom is 0.392 e. The van der Waals surface area contributed by atoms with Crippen molar-refractivity contribution >= 4 is 29.3 Å². The van der Waals surface area contributed by atoms with Gasteiger partial charge in [0.15, 0.2) is 0 Å². The smallest absolute Gasteiger partial charge is 0.326 e. The van der Waals surface area contributed by atoms with Crippen LogP contribution in [0.15, 0.2) is 65.9 Å². The molecule has 1 fully saturated rings. The number of hydrogen-bond donors (Lipinski definition) is 1. The molecule has 1 heterocycles. The van der Waals surface area contributed by atoms with Gasteiger partial charge >= 0.3 is 6.18 Å². The van der Waals surface area contributed by atoms with E-state index in [0.717, 1.165) is 33.7 Å². The molecule has 2 aromatic carbocycles. The molecular weight excluding hydrogens is 542 g/mol. The monoisotopic (exact) mass is 569 g/mol. The van der Waals surface area contributed by atoms with Crippen molar-refractivity contribution < 1.29 is 22.4 Å². The molecule has 6 rings (SSSR count). The summed E-state index contributed by atoms with van der Waals surface area (Å²) in [7, 11) is 0. The summed E-state index contributed by atoms with van der Waals surface area (Å²) in [5.41, 5.74) is 5.28. The van der Waals surface area contributed by atoms with Gasteiger partial charge in [0.2, 0.25) is 5.91 Å². The lowest BCUT2D eigenvalue weighted by atomic mass is 9.54. The molecule has 4 nitrogen and oxygen atoms in total. The van der Waals surface area contributed by atoms with Gasteiger partial charge in [0.1, 0.15) is 5.82 Å². The number of halogens is 5. The summed E-state index contributed by atoms with van der Waals surface area (Å²) in [6, 6.07) is 11.1. The van der Waals surface area contributed by atoms with E-state index in [2.05, 4.69) is 23.4 Å². The first-order valence-electron chi connectivity index (χ1n) is 13.3. The Morgan fingerprint density at radius 3 is 2.62 bits per heavy atom. The van der Waals surface area contributed by atoms with Crippen LogP contribution in [-0.4, -0.2) is 21.9 Å². The number of aromatic nitrogens is 2. The number of allylic oxidation sites excluding steroid dienone is 3. The van der Waals surface area contributed by atoms with Gasteiger partial charge in [0.05, 0.1) is 29.4 Å². The molecule has 4 atom stereocenters. The van der Waals surface area contributed by atoms with E-state index < -0.39 is 35.3 Å². The molecule has 1 N–H and O–H groups in total. The van der Waals surface area contributed by atoms with Crippen molar-refractivity contribution in [2.45, 2.75) is 45.7 Å². The minimum Gasteiger partial charge on any atom is -0.326 e. The number of amides is 1. The third kappa shape index (κ3) is 4.46. The lowest BCUT2D eigenvalue weighted by Gasteiger charge is -2.50. The van der Waals surface area contributed by atoms with E-state index in [0.29, 0.717) is 30.0 Å². The highest BCUT2D eigenvalue weighted by Crippen LogP contribution is 2.59. The Hall–Kier alpha value is -3.39. The van der Waals surface area contributed by atoms with E-state index in [4.69, 9.17) is 11.6 Å². The average molecular weight is 570 g/mol. The van der Waals surface area contributed by atoms with Crippen molar-refractivity contribution in [3.8, 4) is 5.69 Å². The second-order valence-corrected chi connectivity index (χ2v) is 11.7. The number of fused-ring (bicyclic) bond motifs is 4. The van der Waals surface area contributed by atoms with Crippen LogP contribution in [0, 0.1) is 35.9 Å². The van der Waals surface area contributed by atoms with Gasteiger partial charge in [0.25, 0.3) is 0 Å². The Bertz CT molecular complexity index is 1560. The van der Waals surface area contributed by atoms with Crippen LogP contribution in [0.3, 0.4) is 0 Å². The maximum absolute atomic E-state index is 14.3. The van der Waals surface area contributed by atoms with Gasteiger partial charge in [-0.1, -0.05) is 41.8 Å². The number of anilines is 1. The van der Waals surface area contributed by atoms with Crippen molar-refractivity contribution in [2.24, 2.45) is 23.2 Å². The molecule has 9 heteroatoms. The summed E-state index contributed by atoms with van der Waals surface area (Å²) >= 11 is 6.21. The normalized spacial score (nSPS) is 25.7. The zero-order chi connectivity index (χ0) is 28.4. The standard InChI is InChI=1S/C31H28ClF4N3O/c1-17-3-7-21(14-26(17)32)38-29(40)28-23-10-4-19-13-27-18(16-37-39(27)22-8-5-20(33)6-9-22)15-30(19,2)24(23)11-12-25(28)31(34,35)36/h3,5-9,11,13-14,16,23,25,28H,4,10,12,15H2,1-2H3,(H,38,40)/t23-,25+,28+,30-/m0/s1. The van der Waals surface area contributed by atoms with Crippen LogP contribution in [0.25, 0.3) is 11.8 Å². The summed E-state index contributed by atoms with van der Waals surface area (Å²) in [5.74, 6) is -4.52. The minimum atomic E-state index is -4.51. The molecular formula is C31H28ClF4N3O. The molecule has 0 bridgehead atoms. The fourth-order valence-corrected chi connectivity index (χ4v) is 7.01. The largest absolute Gasteiger partial charge is 0.392 e. The van der Waals surface area contributed by atoms with Crippen molar-refractivity contribution in [1.29, 1.82) is 0 Å². The zero-order valence-electron chi connectivity index (χ0n) is 22.0. The molecule has 208 valence electrons. The van der Waals surface area contributed by atoms with Crippen molar-refractivity contribution in [3.63, 3.8) is 0 Å². The number of aryl methyl sites for hydroxylation is 1. The molecule has 3 aliphatic rings. The highest BCUT2D eigenvalue weighted by atomic mass is 35.5. The van der Waals surface area contributed by atoms with Gasteiger partial charge in [-0.05, 0) is 92.1 Å². The Labute approximate surface area is 234 Å². The first-order chi connectivity index (χ1) is 19.0. The molecule has 3 aliphatic carbocycles. The molecule has 1 amide bonds. The van der Waals surface area contributed by atoms with Gasteiger partial charge in [0, 0.05) is 16.1 Å². The van der Waals surface area contributed by atoms with Crippen molar-refractivity contribution in [1.82, 2.24) is 9.78 Å². The number of nitrogens with one attached hydrogen (secondary N) is 1. The lowest BCUT2D eigenvalue weighted by Crippen LogP contribution is -2.49. The minimum absolute atomic E-state index is 0.243. The summed E-state index contributed by atoms with van der Waals surface area (Å²) in [6.45, 7) is 3.89. The highest BCUT2D eigenvalue weighted by molar-refractivity contribution is 6.31. The third-order valence-corrected chi connectivity index (χ3v) is 9.31. The van der Waals surface area contributed by atoms with Gasteiger partial charge in [-0.25, -0.2) is 9.07 Å². The Morgan fingerprint density at radius 1 is 1.18 bits per heavy atom. The Kier molecular flexibility index (Phi) is 6.44. The first kappa shape index (κ1) is 26.8. The van der Waals surface area contributed by atoms with E-state index in [-0.39, 0.29) is 12.2 Å². The van der Waals surface area contributed by atoms with Gasteiger partial charge in [-0.3, -0.25) is 4.79 Å². The van der Waals surface area contributed by atoms with Crippen molar-refractivity contribution in [3.05, 3.63) is 93.5 Å². The molecule has 1 aromatic heterocycles. The van der Waals surface area contributed by atoms with E-state index in [1.807, 2.05) is 6.92 Å². The number of alkyl halides is 3. The van der Waals surface area contributed by atoms with Crippen LogP contribution in [0.2, 0.25) is 5.02 Å². The predicted molar refractivity (Wildman–Crippen MR) is 147 cm³/mol. The number of carbonyl (C=O) groups is 1. The van der Waals surface area contributed by atoms with Crippen LogP contribution in [0.5, 0.6) is 0 Å². The second-order valence-electron chi connectivity index (χ2n) is 11.3. The molecule has 0 radical (unpaired) electrons. The van der Waals surface area contributed by atoms with E-state index in [1.165, 1.54) is 12.1 Å². The molecule has 40 heavy (non-hydrogen) atoms. The maximum atomic E-state index is 14.3. The topological polar surface area (TPSA) is 46.9 Å². The van der Waals surface area contributed by atoms with Crippen LogP contribution in [0.1, 0.15) is 43.0 Å². The molecule has 3 aromatic rings. The van der Waals surface area contributed by atoms with Crippen LogP contribution in [-0.2, 0) is 11.2 Å². The van der Waals surface area contributed by atoms with Gasteiger partial charge in [-0.2, -0.15) is 18.3 Å². The van der Waals surface area contributed by atoms with Crippen LogP contribution >= 0.6 is 11.6 Å². The molecule has 0 saturated heterocycles. The highest BCUT2D eigenvalue weighted by Gasteiger charge is 2.56. The number of hydrogen-bond acceptors (Lipinski definition) is 2. The van der Waals surface area contributed by atoms with Crippen LogP contribution < -0.4 is 5.32 Å². The van der Waals surface area contributed by atoms with Gasteiger partial charge < -0.3 is 5.32 Å². The quantitative estimate of drug-likeness (QED) is 0.256. The van der Waals surface area contributed by atoms with E-state index >= 15 is 0 Å². The summed E-state index contributed by atoms with van der Waals surface area (Å²) in [6.07, 6.45) is 2.39. The Morgan fingerprint density at radius 2 is 1.93 bits per heavy atom. The van der Waals surface area contributed by atoms with E-state index in [1.54, 1.807) is 47.3 Å². The molecule has 0 unspecified atom stereocenters. The summed E-state index contributed by atoms with van der Waals surface area (Å²) in [5, 5.41) is 7.72. The number of rotatable bonds is 3. The summed E-state index contributed by atoms with van der Waals surface area (Å²) in [4.78, 5) is 13.6. The first-order valence-corrected chi connectivity index (χ1v) is 13.7. The average Bonchev–Trinajstić information content (AvgIpc) is 3.30. The fraction of sp³-hybridized carbons (Fsp3) is 0.355.